The van der Waals surface area contributed by atoms with Crippen molar-refractivity contribution in [3.05, 3.63) is 28.7 Å². The molecule has 4 heteroatoms. The molecule has 0 aliphatic rings. The van der Waals surface area contributed by atoms with Gasteiger partial charge in [-0.15, -0.1) is 0 Å². The topological polar surface area (TPSA) is 34.1 Å². The van der Waals surface area contributed by atoms with E-state index < -0.39 is 10.8 Å². The number of rotatable bonds is 4. The molecule has 1 rings (SSSR count). The number of carbonyl (C=O) groups excluding carboxylic acids is 1. The van der Waals surface area contributed by atoms with E-state index >= 15 is 0 Å². The molecule has 0 amide bonds. The van der Waals surface area contributed by atoms with Crippen LogP contribution in [0.25, 0.3) is 0 Å². The molecule has 82 valence electrons. The van der Waals surface area contributed by atoms with Gasteiger partial charge in [0.25, 0.3) is 0 Å². The first-order chi connectivity index (χ1) is 7.02. The van der Waals surface area contributed by atoms with Crippen LogP contribution < -0.4 is 0 Å². The van der Waals surface area contributed by atoms with Gasteiger partial charge in [0.15, 0.2) is 0 Å². The normalized spacial score (nSPS) is 14.6. The van der Waals surface area contributed by atoms with E-state index in [2.05, 4.69) is 15.9 Å². The van der Waals surface area contributed by atoms with E-state index in [0.29, 0.717) is 6.42 Å². The van der Waals surface area contributed by atoms with Crippen molar-refractivity contribution in [2.45, 2.75) is 30.4 Å². The molecule has 2 nitrogen and oxygen atoms in total. The van der Waals surface area contributed by atoms with Gasteiger partial charge in [-0.2, -0.15) is 0 Å². The van der Waals surface area contributed by atoms with Crippen LogP contribution >= 0.6 is 15.9 Å². The van der Waals surface area contributed by atoms with Crippen LogP contribution in [0.15, 0.2) is 33.6 Å². The van der Waals surface area contributed by atoms with Gasteiger partial charge in [-0.3, -0.25) is 9.00 Å². The van der Waals surface area contributed by atoms with E-state index in [-0.39, 0.29) is 11.0 Å². The molecule has 1 aromatic carbocycles. The lowest BCUT2D eigenvalue weighted by molar-refractivity contribution is -0.116. The average molecular weight is 289 g/mol. The summed E-state index contributed by atoms with van der Waals surface area (Å²) in [7, 11) is -1.13. The van der Waals surface area contributed by atoms with Crippen LogP contribution in [0.1, 0.15) is 20.3 Å². The fourth-order valence-corrected chi connectivity index (χ4v) is 3.36. The minimum absolute atomic E-state index is 0.0721. The predicted molar refractivity (Wildman–Crippen MR) is 65.3 cm³/mol. The van der Waals surface area contributed by atoms with Crippen LogP contribution in [0, 0.1) is 0 Å². The minimum Gasteiger partial charge on any atom is -0.300 e. The Labute approximate surface area is 101 Å². The highest BCUT2D eigenvalue weighted by Crippen LogP contribution is 2.22. The van der Waals surface area contributed by atoms with Gasteiger partial charge in [-0.05, 0) is 35.0 Å². The summed E-state index contributed by atoms with van der Waals surface area (Å²) < 4.78 is 12.9. The Morgan fingerprint density at radius 2 is 2.07 bits per heavy atom. The monoisotopic (exact) mass is 288 g/mol. The third-order valence-electron chi connectivity index (χ3n) is 1.99. The molecule has 0 radical (unpaired) electrons. The molecule has 0 aliphatic carbocycles. The quantitative estimate of drug-likeness (QED) is 0.854. The van der Waals surface area contributed by atoms with Gasteiger partial charge < -0.3 is 0 Å². The van der Waals surface area contributed by atoms with E-state index in [9.17, 15) is 9.00 Å². The maximum Gasteiger partial charge on any atom is 0.131 e. The van der Waals surface area contributed by atoms with Gasteiger partial charge in [0.1, 0.15) is 5.78 Å². The Kier molecular flexibility index (Phi) is 4.67. The van der Waals surface area contributed by atoms with Crippen LogP contribution in [0.5, 0.6) is 0 Å². The van der Waals surface area contributed by atoms with Crippen LogP contribution in [-0.2, 0) is 15.6 Å². The third-order valence-corrected chi connectivity index (χ3v) is 4.63. The fourth-order valence-electron chi connectivity index (χ4n) is 1.31. The SMILES string of the molecule is CC(=O)CC(C)S(=O)c1ccccc1Br. The second-order valence-electron chi connectivity index (χ2n) is 3.44. The van der Waals surface area contributed by atoms with Crippen molar-refractivity contribution in [1.29, 1.82) is 0 Å². The van der Waals surface area contributed by atoms with Crippen molar-refractivity contribution in [1.82, 2.24) is 0 Å². The van der Waals surface area contributed by atoms with E-state index in [1.165, 1.54) is 6.92 Å². The van der Waals surface area contributed by atoms with Crippen molar-refractivity contribution in [3.63, 3.8) is 0 Å². The first kappa shape index (κ1) is 12.6. The maximum absolute atomic E-state index is 12.0. The van der Waals surface area contributed by atoms with Crippen molar-refractivity contribution in [2.24, 2.45) is 0 Å². The Hall–Kier alpha value is -0.480. The molecule has 0 heterocycles. The number of carbonyl (C=O) groups is 1. The molecular formula is C11H13BrO2S. The highest BCUT2D eigenvalue weighted by Gasteiger charge is 2.16. The molecular weight excluding hydrogens is 276 g/mol. The molecule has 0 bridgehead atoms. The van der Waals surface area contributed by atoms with Gasteiger partial charge in [-0.1, -0.05) is 19.1 Å². The van der Waals surface area contributed by atoms with Gasteiger partial charge >= 0.3 is 0 Å². The van der Waals surface area contributed by atoms with Crippen molar-refractivity contribution >= 4 is 32.5 Å². The summed E-state index contributed by atoms with van der Waals surface area (Å²) in [6.07, 6.45) is 0.355. The number of benzene rings is 1. The van der Waals surface area contributed by atoms with Crippen LogP contribution in [0.3, 0.4) is 0 Å². The number of hydrogen-bond donors (Lipinski definition) is 0. The van der Waals surface area contributed by atoms with Crippen LogP contribution in [0.2, 0.25) is 0 Å². The molecule has 15 heavy (non-hydrogen) atoms. The van der Waals surface area contributed by atoms with Crippen molar-refractivity contribution in [3.8, 4) is 0 Å². The number of Topliss-reactive ketones (excluding diaryl/α,β-unsaturated/α-hetero) is 1. The Bertz CT molecular complexity index is 390. The summed E-state index contributed by atoms with van der Waals surface area (Å²) >= 11 is 3.35. The average Bonchev–Trinajstić information content (AvgIpc) is 2.16. The second-order valence-corrected chi connectivity index (χ2v) is 6.14. The Morgan fingerprint density at radius 1 is 1.47 bits per heavy atom. The summed E-state index contributed by atoms with van der Waals surface area (Å²) in [5.41, 5.74) is 0. The van der Waals surface area contributed by atoms with Crippen molar-refractivity contribution < 1.29 is 9.00 Å². The van der Waals surface area contributed by atoms with Crippen LogP contribution in [-0.4, -0.2) is 15.2 Å². The number of ketones is 1. The molecule has 1 aromatic rings. The van der Waals surface area contributed by atoms with Gasteiger partial charge in [-0.25, -0.2) is 0 Å². The summed E-state index contributed by atoms with van der Waals surface area (Å²) in [4.78, 5) is 11.7. The van der Waals surface area contributed by atoms with Gasteiger partial charge in [0.05, 0.1) is 15.7 Å². The third kappa shape index (κ3) is 3.54. The first-order valence-corrected chi connectivity index (χ1v) is 6.67. The standard InChI is InChI=1S/C11H13BrO2S/c1-8(13)7-9(2)15(14)11-6-4-3-5-10(11)12/h3-6,9H,7H2,1-2H3. The molecule has 2 atom stereocenters. The van der Waals surface area contributed by atoms with E-state index in [1.54, 1.807) is 0 Å². The zero-order valence-corrected chi connectivity index (χ0v) is 11.1. The zero-order valence-electron chi connectivity index (χ0n) is 8.70. The molecule has 0 aliphatic heterocycles. The summed E-state index contributed by atoms with van der Waals surface area (Å²) in [6.45, 7) is 3.35. The summed E-state index contributed by atoms with van der Waals surface area (Å²) in [5.74, 6) is 0.0721. The minimum atomic E-state index is -1.13. The maximum atomic E-state index is 12.0. The smallest absolute Gasteiger partial charge is 0.131 e. The molecule has 0 fully saturated rings. The summed E-state index contributed by atoms with van der Waals surface area (Å²) in [6, 6.07) is 7.39. The molecule has 0 saturated carbocycles. The number of halogens is 1. The lowest BCUT2D eigenvalue weighted by atomic mass is 10.2. The lowest BCUT2D eigenvalue weighted by Crippen LogP contribution is -2.14. The first-order valence-electron chi connectivity index (χ1n) is 4.67. The Balaban J connectivity index is 2.85. The highest BCUT2D eigenvalue weighted by atomic mass is 79.9. The predicted octanol–water partition coefficient (Wildman–Crippen LogP) is 2.92. The largest absolute Gasteiger partial charge is 0.300 e. The van der Waals surface area contributed by atoms with E-state index in [0.717, 1.165) is 9.37 Å². The molecule has 0 saturated heterocycles. The zero-order chi connectivity index (χ0) is 11.4. The van der Waals surface area contributed by atoms with Crippen LogP contribution in [0.4, 0.5) is 0 Å². The van der Waals surface area contributed by atoms with Gasteiger partial charge in [0, 0.05) is 16.1 Å². The lowest BCUT2D eigenvalue weighted by Gasteiger charge is -2.10. The van der Waals surface area contributed by atoms with E-state index in [1.807, 2.05) is 31.2 Å². The molecule has 2 unspecified atom stereocenters. The molecule has 0 aromatic heterocycles. The fraction of sp³-hybridized carbons (Fsp3) is 0.364. The second kappa shape index (κ2) is 5.56. The Morgan fingerprint density at radius 3 is 2.60 bits per heavy atom. The highest BCUT2D eigenvalue weighted by molar-refractivity contribution is 9.10. The summed E-state index contributed by atoms with van der Waals surface area (Å²) in [5, 5.41) is -0.138. The molecule has 0 N–H and O–H groups in total. The number of hydrogen-bond acceptors (Lipinski definition) is 2. The van der Waals surface area contributed by atoms with Crippen molar-refractivity contribution in [2.75, 3.05) is 0 Å². The van der Waals surface area contributed by atoms with Gasteiger partial charge in [0.2, 0.25) is 0 Å². The van der Waals surface area contributed by atoms with E-state index in [4.69, 9.17) is 0 Å². The molecule has 0 spiro atoms.